The average molecular weight is 186 g/mol. The number of benzene rings is 1. The Morgan fingerprint density at radius 2 is 1.57 bits per heavy atom. The summed E-state index contributed by atoms with van der Waals surface area (Å²) in [7, 11) is 0. The van der Waals surface area contributed by atoms with E-state index < -0.39 is 0 Å². The van der Waals surface area contributed by atoms with Gasteiger partial charge in [-0.1, -0.05) is 36.4 Å². The van der Waals surface area contributed by atoms with E-state index in [9.17, 15) is 0 Å². The van der Waals surface area contributed by atoms with Gasteiger partial charge < -0.3 is 0 Å². The molecule has 1 aromatic carbocycles. The summed E-state index contributed by atoms with van der Waals surface area (Å²) >= 11 is 0. The lowest BCUT2D eigenvalue weighted by Gasteiger charge is -2.14. The molecule has 14 heavy (non-hydrogen) atoms. The van der Waals surface area contributed by atoms with Crippen molar-refractivity contribution in [2.75, 3.05) is 0 Å². The van der Waals surface area contributed by atoms with Crippen LogP contribution in [0.4, 0.5) is 0 Å². The van der Waals surface area contributed by atoms with Crippen molar-refractivity contribution in [2.24, 2.45) is 0 Å². The fraction of sp³-hybridized carbons (Fsp3) is 0.286. The maximum atomic E-state index is 4.03. The van der Waals surface area contributed by atoms with Gasteiger partial charge in [-0.25, -0.2) is 0 Å². The standard InChI is InChI=1S/C14H18/c1-9(2)13-8-7-11(5)12(6)14(13)10(3)4/h7-8H,1,3H2,2,4-6H3. The maximum absolute atomic E-state index is 4.03. The molecule has 0 radical (unpaired) electrons. The molecule has 0 atom stereocenters. The highest BCUT2D eigenvalue weighted by Crippen LogP contribution is 2.28. The van der Waals surface area contributed by atoms with E-state index in [1.807, 2.05) is 13.8 Å². The van der Waals surface area contributed by atoms with E-state index >= 15 is 0 Å². The van der Waals surface area contributed by atoms with Gasteiger partial charge in [0, 0.05) is 0 Å². The first kappa shape index (κ1) is 10.8. The lowest BCUT2D eigenvalue weighted by Crippen LogP contribution is -1.95. The number of rotatable bonds is 2. The summed E-state index contributed by atoms with van der Waals surface area (Å²) in [4.78, 5) is 0. The van der Waals surface area contributed by atoms with Crippen molar-refractivity contribution >= 4 is 11.1 Å². The van der Waals surface area contributed by atoms with Crippen LogP contribution in [-0.2, 0) is 0 Å². The van der Waals surface area contributed by atoms with E-state index in [4.69, 9.17) is 0 Å². The van der Waals surface area contributed by atoms with Crippen molar-refractivity contribution in [1.29, 1.82) is 0 Å². The monoisotopic (exact) mass is 186 g/mol. The van der Waals surface area contributed by atoms with Crippen LogP contribution in [0.2, 0.25) is 0 Å². The summed E-state index contributed by atoms with van der Waals surface area (Å²) in [6.07, 6.45) is 0. The predicted octanol–water partition coefficient (Wildman–Crippen LogP) is 4.37. The molecule has 0 N–H and O–H groups in total. The Hall–Kier alpha value is -1.30. The molecule has 0 saturated carbocycles. The van der Waals surface area contributed by atoms with Gasteiger partial charge in [0.25, 0.3) is 0 Å². The Bertz CT molecular complexity index is 395. The van der Waals surface area contributed by atoms with Crippen LogP contribution in [0.1, 0.15) is 36.1 Å². The lowest BCUT2D eigenvalue weighted by molar-refractivity contribution is 1.29. The Morgan fingerprint density at radius 1 is 1.00 bits per heavy atom. The van der Waals surface area contributed by atoms with Crippen molar-refractivity contribution in [2.45, 2.75) is 27.7 Å². The molecule has 74 valence electrons. The van der Waals surface area contributed by atoms with Crippen LogP contribution in [0.15, 0.2) is 25.3 Å². The van der Waals surface area contributed by atoms with E-state index in [1.54, 1.807) is 0 Å². The predicted molar refractivity (Wildman–Crippen MR) is 65.3 cm³/mol. The number of allylic oxidation sites excluding steroid dienone is 2. The van der Waals surface area contributed by atoms with E-state index in [0.29, 0.717) is 0 Å². The van der Waals surface area contributed by atoms with Crippen molar-refractivity contribution in [1.82, 2.24) is 0 Å². The number of aryl methyl sites for hydroxylation is 1. The first-order valence-electron chi connectivity index (χ1n) is 4.87. The molecule has 0 heteroatoms. The molecule has 0 aliphatic rings. The van der Waals surface area contributed by atoms with Crippen LogP contribution >= 0.6 is 0 Å². The first-order valence-corrected chi connectivity index (χ1v) is 4.87. The van der Waals surface area contributed by atoms with E-state index in [0.717, 1.165) is 11.1 Å². The first-order chi connectivity index (χ1) is 6.45. The third kappa shape index (κ3) is 1.79. The zero-order valence-electron chi connectivity index (χ0n) is 9.57. The van der Waals surface area contributed by atoms with Crippen LogP contribution in [0.25, 0.3) is 11.1 Å². The minimum Gasteiger partial charge on any atom is -0.0955 e. The van der Waals surface area contributed by atoms with Crippen molar-refractivity contribution in [3.8, 4) is 0 Å². The van der Waals surface area contributed by atoms with Gasteiger partial charge in [-0.2, -0.15) is 0 Å². The van der Waals surface area contributed by atoms with Gasteiger partial charge in [-0.05, 0) is 49.9 Å². The molecule has 0 aromatic heterocycles. The van der Waals surface area contributed by atoms with Crippen LogP contribution in [-0.4, -0.2) is 0 Å². The molecule has 0 fully saturated rings. The van der Waals surface area contributed by atoms with Gasteiger partial charge in [0.2, 0.25) is 0 Å². The van der Waals surface area contributed by atoms with Crippen LogP contribution in [0, 0.1) is 13.8 Å². The van der Waals surface area contributed by atoms with E-state index in [2.05, 4.69) is 39.1 Å². The Balaban J connectivity index is 3.53. The van der Waals surface area contributed by atoms with Crippen molar-refractivity contribution in [3.05, 3.63) is 47.5 Å². The minimum absolute atomic E-state index is 1.10. The second-order valence-corrected chi connectivity index (χ2v) is 3.99. The molecule has 0 heterocycles. The quantitative estimate of drug-likeness (QED) is 0.643. The normalized spacial score (nSPS) is 10.0. The number of hydrogen-bond donors (Lipinski definition) is 0. The van der Waals surface area contributed by atoms with Gasteiger partial charge in [0.05, 0.1) is 0 Å². The second kappa shape index (κ2) is 3.83. The van der Waals surface area contributed by atoms with Crippen LogP contribution in [0.3, 0.4) is 0 Å². The molecule has 0 aliphatic carbocycles. The zero-order chi connectivity index (χ0) is 10.9. The van der Waals surface area contributed by atoms with Gasteiger partial charge in [-0.15, -0.1) is 0 Å². The molecule has 1 rings (SSSR count). The summed E-state index contributed by atoms with van der Waals surface area (Å²) < 4.78 is 0. The molecular formula is C14H18. The minimum atomic E-state index is 1.10. The van der Waals surface area contributed by atoms with Gasteiger partial charge in [-0.3, -0.25) is 0 Å². The SMILES string of the molecule is C=C(C)c1ccc(C)c(C)c1C(=C)C. The molecule has 0 spiro atoms. The van der Waals surface area contributed by atoms with E-state index in [-0.39, 0.29) is 0 Å². The molecular weight excluding hydrogens is 168 g/mol. The van der Waals surface area contributed by atoms with Crippen molar-refractivity contribution < 1.29 is 0 Å². The molecule has 0 nitrogen and oxygen atoms in total. The summed E-state index contributed by atoms with van der Waals surface area (Å²) in [6.45, 7) is 16.4. The summed E-state index contributed by atoms with van der Waals surface area (Å²) in [5, 5.41) is 0. The average Bonchev–Trinajstić information content (AvgIpc) is 2.08. The lowest BCUT2D eigenvalue weighted by atomic mass is 9.90. The third-order valence-electron chi connectivity index (χ3n) is 2.62. The largest absolute Gasteiger partial charge is 0.0955 e. The third-order valence-corrected chi connectivity index (χ3v) is 2.62. The molecule has 0 aliphatic heterocycles. The molecule has 0 unspecified atom stereocenters. The molecule has 0 bridgehead atoms. The van der Waals surface area contributed by atoms with Gasteiger partial charge in [0.1, 0.15) is 0 Å². The summed E-state index contributed by atoms with van der Waals surface area (Å²) in [5.41, 5.74) is 7.33. The Morgan fingerprint density at radius 3 is 2.00 bits per heavy atom. The highest BCUT2D eigenvalue weighted by atomic mass is 14.1. The highest BCUT2D eigenvalue weighted by Gasteiger charge is 2.08. The van der Waals surface area contributed by atoms with Crippen LogP contribution in [0.5, 0.6) is 0 Å². The maximum Gasteiger partial charge on any atom is -0.0126 e. The molecule has 0 amide bonds. The summed E-state index contributed by atoms with van der Waals surface area (Å²) in [5.74, 6) is 0. The highest BCUT2D eigenvalue weighted by molar-refractivity contribution is 5.79. The van der Waals surface area contributed by atoms with Crippen molar-refractivity contribution in [3.63, 3.8) is 0 Å². The topological polar surface area (TPSA) is 0 Å². The zero-order valence-corrected chi connectivity index (χ0v) is 9.57. The number of hydrogen-bond acceptors (Lipinski definition) is 0. The molecule has 1 aromatic rings. The van der Waals surface area contributed by atoms with Gasteiger partial charge >= 0.3 is 0 Å². The Kier molecular flexibility index (Phi) is 2.95. The second-order valence-electron chi connectivity index (χ2n) is 3.99. The Labute approximate surface area is 87.0 Å². The smallest absolute Gasteiger partial charge is 0.0126 e. The molecule has 0 saturated heterocycles. The van der Waals surface area contributed by atoms with E-state index in [1.165, 1.54) is 22.3 Å². The fourth-order valence-electron chi connectivity index (χ4n) is 1.72. The summed E-state index contributed by atoms with van der Waals surface area (Å²) in [6, 6.07) is 4.28. The van der Waals surface area contributed by atoms with Crippen LogP contribution < -0.4 is 0 Å². The fourth-order valence-corrected chi connectivity index (χ4v) is 1.72. The van der Waals surface area contributed by atoms with Gasteiger partial charge in [0.15, 0.2) is 0 Å².